The summed E-state index contributed by atoms with van der Waals surface area (Å²) in [4.78, 5) is 10.3. The summed E-state index contributed by atoms with van der Waals surface area (Å²) in [6, 6.07) is 56.7. The Balaban J connectivity index is 1.30. The highest BCUT2D eigenvalue weighted by molar-refractivity contribution is 6.06. The summed E-state index contributed by atoms with van der Waals surface area (Å²) >= 11 is 0. The van der Waals surface area contributed by atoms with Crippen LogP contribution in [0.25, 0.3) is 67.0 Å². The number of hydrogen-bond acceptors (Lipinski definition) is 5. The first kappa shape index (κ1) is 28.2. The molecule has 2 aliphatic rings. The number of para-hydroxylation sites is 1. The number of aromatic nitrogens is 3. The van der Waals surface area contributed by atoms with E-state index in [0.29, 0.717) is 0 Å². The standard InChI is InChI=1S/C45H27N5/c1-4-14-28(15-5-1)31-20-10-11-22-33(31)44-40(30-18-8-3-9-19-30)45(49-50-48-44)35-25-27-37-41(39(35)29-16-6-2-7-17-29)42-38(46-37)26-24-34-32-21-12-13-23-36(32)47-43(34)42/h1-27H. The molecule has 0 radical (unpaired) electrons. The lowest BCUT2D eigenvalue weighted by molar-refractivity contribution is 0.879. The molecule has 232 valence electrons. The third-order valence-electron chi connectivity index (χ3n) is 9.67. The fourth-order valence-electron chi connectivity index (χ4n) is 7.48. The summed E-state index contributed by atoms with van der Waals surface area (Å²) in [7, 11) is 0. The number of benzene rings is 7. The van der Waals surface area contributed by atoms with Gasteiger partial charge in [-0.3, -0.25) is 0 Å². The third-order valence-corrected chi connectivity index (χ3v) is 9.67. The van der Waals surface area contributed by atoms with E-state index in [1.54, 1.807) is 0 Å². The quantitative estimate of drug-likeness (QED) is 0.189. The fourth-order valence-corrected chi connectivity index (χ4v) is 7.48. The maximum Gasteiger partial charge on any atom is 0.105 e. The van der Waals surface area contributed by atoms with Gasteiger partial charge in [-0.15, -0.1) is 10.2 Å². The van der Waals surface area contributed by atoms with Crippen molar-refractivity contribution >= 4 is 11.4 Å². The molecule has 0 aliphatic carbocycles. The topological polar surface area (TPSA) is 63.4 Å². The molecule has 0 unspecified atom stereocenters. The van der Waals surface area contributed by atoms with Gasteiger partial charge < -0.3 is 0 Å². The Morgan fingerprint density at radius 2 is 0.920 bits per heavy atom. The van der Waals surface area contributed by atoms with Gasteiger partial charge in [-0.25, -0.2) is 9.98 Å². The maximum atomic E-state index is 5.18. The molecule has 2 aliphatic heterocycles. The van der Waals surface area contributed by atoms with Crippen LogP contribution in [-0.4, -0.2) is 15.4 Å². The van der Waals surface area contributed by atoms with Crippen LogP contribution in [0.3, 0.4) is 0 Å². The predicted octanol–water partition coefficient (Wildman–Crippen LogP) is 9.69. The Bertz CT molecular complexity index is 2850. The normalized spacial score (nSPS) is 11.9. The van der Waals surface area contributed by atoms with Gasteiger partial charge in [-0.1, -0.05) is 133 Å². The van der Waals surface area contributed by atoms with Gasteiger partial charge >= 0.3 is 0 Å². The lowest BCUT2D eigenvalue weighted by Gasteiger charge is -2.19. The van der Waals surface area contributed by atoms with Crippen molar-refractivity contribution in [3.63, 3.8) is 0 Å². The largest absolute Gasteiger partial charge is 0.248 e. The molecule has 7 aromatic carbocycles. The molecule has 0 bridgehead atoms. The van der Waals surface area contributed by atoms with Gasteiger partial charge in [-0.2, -0.15) is 0 Å². The summed E-state index contributed by atoms with van der Waals surface area (Å²) in [5, 5.41) is 18.3. The zero-order chi connectivity index (χ0) is 33.0. The minimum atomic E-state index is 0.756. The van der Waals surface area contributed by atoms with Gasteiger partial charge in [-0.05, 0) is 57.8 Å². The number of nitrogens with zero attached hydrogens (tertiary/aromatic N) is 5. The van der Waals surface area contributed by atoms with Gasteiger partial charge in [0.15, 0.2) is 0 Å². The monoisotopic (exact) mass is 637 g/mol. The minimum absolute atomic E-state index is 0.756. The van der Waals surface area contributed by atoms with Crippen molar-refractivity contribution in [2.24, 2.45) is 9.98 Å². The van der Waals surface area contributed by atoms with Crippen LogP contribution in [0.5, 0.6) is 0 Å². The summed E-state index contributed by atoms with van der Waals surface area (Å²) in [6.45, 7) is 0. The Hall–Kier alpha value is -6.85. The van der Waals surface area contributed by atoms with E-state index in [1.165, 1.54) is 0 Å². The van der Waals surface area contributed by atoms with Crippen molar-refractivity contribution in [1.82, 2.24) is 15.4 Å². The van der Waals surface area contributed by atoms with E-state index in [9.17, 15) is 0 Å². The predicted molar refractivity (Wildman–Crippen MR) is 198 cm³/mol. The van der Waals surface area contributed by atoms with Crippen LogP contribution in [-0.2, 0) is 0 Å². The second kappa shape index (κ2) is 11.4. The van der Waals surface area contributed by atoms with E-state index >= 15 is 0 Å². The van der Waals surface area contributed by atoms with Crippen LogP contribution in [0.1, 0.15) is 0 Å². The Labute approximate surface area is 288 Å². The fraction of sp³-hybridized carbons (Fsp3) is 0. The van der Waals surface area contributed by atoms with Crippen molar-refractivity contribution in [2.75, 3.05) is 0 Å². The summed E-state index contributed by atoms with van der Waals surface area (Å²) in [5.74, 6) is 0. The second-order valence-corrected chi connectivity index (χ2v) is 12.5. The van der Waals surface area contributed by atoms with E-state index in [4.69, 9.17) is 20.2 Å². The van der Waals surface area contributed by atoms with Gasteiger partial charge in [0.05, 0.1) is 22.1 Å². The SMILES string of the molecule is c1ccc(-c2ccccc2-c2nnnc(-c3ccc4c(c3-c3ccccc3)-c3c5c(ccc3=N4)=c3ccccc3=N5)c2-c2ccccc2)cc1. The van der Waals surface area contributed by atoms with Crippen LogP contribution in [0.4, 0.5) is 11.4 Å². The Morgan fingerprint density at radius 3 is 1.66 bits per heavy atom. The van der Waals surface area contributed by atoms with Gasteiger partial charge in [0.25, 0.3) is 0 Å². The molecule has 3 heterocycles. The molecule has 0 N–H and O–H groups in total. The molecule has 0 spiro atoms. The van der Waals surface area contributed by atoms with E-state index < -0.39 is 0 Å². The van der Waals surface area contributed by atoms with Gasteiger partial charge in [0, 0.05) is 43.8 Å². The molecular formula is C45H27N5. The molecule has 0 atom stereocenters. The first-order valence-electron chi connectivity index (χ1n) is 16.7. The highest BCUT2D eigenvalue weighted by Crippen LogP contribution is 2.51. The molecule has 0 saturated heterocycles. The zero-order valence-corrected chi connectivity index (χ0v) is 26.8. The van der Waals surface area contributed by atoms with Crippen LogP contribution < -0.4 is 10.7 Å². The molecule has 10 rings (SSSR count). The number of fused-ring (bicyclic) bond motifs is 6. The lowest BCUT2D eigenvalue weighted by Crippen LogP contribution is -2.03. The van der Waals surface area contributed by atoms with E-state index in [2.05, 4.69) is 151 Å². The molecule has 50 heavy (non-hydrogen) atoms. The molecule has 5 nitrogen and oxygen atoms in total. The average Bonchev–Trinajstić information content (AvgIpc) is 3.77. The first-order valence-corrected chi connectivity index (χ1v) is 16.7. The van der Waals surface area contributed by atoms with E-state index in [1.807, 2.05) is 18.2 Å². The molecule has 0 fully saturated rings. The second-order valence-electron chi connectivity index (χ2n) is 12.5. The highest BCUT2D eigenvalue weighted by atomic mass is 15.3. The Morgan fingerprint density at radius 1 is 0.320 bits per heavy atom. The van der Waals surface area contributed by atoms with Crippen LogP contribution in [0.15, 0.2) is 174 Å². The summed E-state index contributed by atoms with van der Waals surface area (Å²) in [5.41, 5.74) is 13.7. The minimum Gasteiger partial charge on any atom is -0.248 e. The molecular weight excluding hydrogens is 611 g/mol. The van der Waals surface area contributed by atoms with Crippen molar-refractivity contribution in [3.05, 3.63) is 185 Å². The number of hydrogen-bond donors (Lipinski definition) is 0. The summed E-state index contributed by atoms with van der Waals surface area (Å²) < 4.78 is 0. The van der Waals surface area contributed by atoms with Crippen LogP contribution in [0, 0.1) is 10.4 Å². The van der Waals surface area contributed by atoms with Crippen molar-refractivity contribution in [3.8, 4) is 67.0 Å². The summed E-state index contributed by atoms with van der Waals surface area (Å²) in [6.07, 6.45) is 0. The van der Waals surface area contributed by atoms with Crippen molar-refractivity contribution < 1.29 is 0 Å². The first-order chi connectivity index (χ1) is 24.8. The maximum absolute atomic E-state index is 5.18. The molecule has 5 heteroatoms. The Kier molecular flexibility index (Phi) is 6.42. The van der Waals surface area contributed by atoms with Gasteiger partial charge in [0.2, 0.25) is 0 Å². The van der Waals surface area contributed by atoms with E-state index in [0.717, 1.165) is 99.5 Å². The lowest BCUT2D eigenvalue weighted by atomic mass is 9.85. The third kappa shape index (κ3) is 4.37. The molecule has 0 amide bonds. The van der Waals surface area contributed by atoms with Crippen LogP contribution in [0.2, 0.25) is 0 Å². The van der Waals surface area contributed by atoms with Gasteiger partial charge in [0.1, 0.15) is 11.4 Å². The van der Waals surface area contributed by atoms with Crippen LogP contribution >= 0.6 is 0 Å². The van der Waals surface area contributed by atoms with E-state index in [-0.39, 0.29) is 0 Å². The highest BCUT2D eigenvalue weighted by Gasteiger charge is 2.29. The zero-order valence-electron chi connectivity index (χ0n) is 26.8. The van der Waals surface area contributed by atoms with Crippen molar-refractivity contribution in [1.29, 1.82) is 0 Å². The van der Waals surface area contributed by atoms with Crippen molar-refractivity contribution in [2.45, 2.75) is 0 Å². The molecule has 0 saturated carbocycles. The number of rotatable bonds is 5. The molecule has 8 aromatic rings. The smallest absolute Gasteiger partial charge is 0.105 e. The molecule has 1 aromatic heterocycles. The average molecular weight is 638 g/mol.